The molecule has 0 bridgehead atoms. The van der Waals surface area contributed by atoms with Crippen LogP contribution in [-0.4, -0.2) is 40.3 Å². The van der Waals surface area contributed by atoms with Gasteiger partial charge in [-0.1, -0.05) is 19.1 Å². The highest BCUT2D eigenvalue weighted by atomic mass is 16.6. The van der Waals surface area contributed by atoms with Gasteiger partial charge in [0, 0.05) is 12.1 Å². The Kier molecular flexibility index (Phi) is 5.14. The number of fused-ring (bicyclic) bond motifs is 1. The summed E-state index contributed by atoms with van der Waals surface area (Å²) in [5.41, 5.74) is 0.716. The molecule has 0 spiro atoms. The van der Waals surface area contributed by atoms with Gasteiger partial charge in [0.05, 0.1) is 11.6 Å². The van der Waals surface area contributed by atoms with E-state index < -0.39 is 12.4 Å². The lowest BCUT2D eigenvalue weighted by molar-refractivity contribution is -0.130. The molecule has 1 saturated heterocycles. The third kappa shape index (κ3) is 3.77. The monoisotopic (exact) mass is 399 g/mol. The molecule has 0 saturated carbocycles. The first kappa shape index (κ1) is 19.3. The lowest BCUT2D eigenvalue weighted by Crippen LogP contribution is -2.57. The fourth-order valence-electron chi connectivity index (χ4n) is 3.71. The van der Waals surface area contributed by atoms with E-state index in [1.165, 1.54) is 0 Å². The van der Waals surface area contributed by atoms with Crippen molar-refractivity contribution in [2.24, 2.45) is 5.92 Å². The molecule has 2 aliphatic heterocycles. The molecule has 3 N–H and O–H groups in total. The van der Waals surface area contributed by atoms with Gasteiger partial charge in [0.2, 0.25) is 12.0 Å². The van der Waals surface area contributed by atoms with Crippen molar-refractivity contribution in [3.63, 3.8) is 0 Å². The molecule has 0 radical (unpaired) electrons. The van der Waals surface area contributed by atoms with Gasteiger partial charge in [-0.25, -0.2) is 4.68 Å². The average molecular weight is 399 g/mol. The van der Waals surface area contributed by atoms with Crippen LogP contribution in [0.25, 0.3) is 0 Å². The summed E-state index contributed by atoms with van der Waals surface area (Å²) in [6.45, 7) is 5.89. The third-order valence-electron chi connectivity index (χ3n) is 5.23. The predicted octanol–water partition coefficient (Wildman–Crippen LogP) is 1.56. The van der Waals surface area contributed by atoms with Crippen LogP contribution in [0.5, 0.6) is 11.5 Å². The second-order valence-electron chi connectivity index (χ2n) is 7.35. The van der Waals surface area contributed by atoms with Crippen LogP contribution in [0.15, 0.2) is 30.3 Å². The zero-order valence-corrected chi connectivity index (χ0v) is 16.6. The molecule has 29 heavy (non-hydrogen) atoms. The van der Waals surface area contributed by atoms with E-state index in [1.807, 2.05) is 32.9 Å². The Bertz CT molecular complexity index is 927. The highest BCUT2D eigenvalue weighted by molar-refractivity contribution is 5.94. The van der Waals surface area contributed by atoms with E-state index in [9.17, 15) is 9.59 Å². The van der Waals surface area contributed by atoms with Crippen molar-refractivity contribution in [3.05, 3.63) is 36.0 Å². The fraction of sp³-hybridized carbons (Fsp3) is 0.450. The molecule has 9 nitrogen and oxygen atoms in total. The van der Waals surface area contributed by atoms with Crippen molar-refractivity contribution >= 4 is 17.6 Å². The van der Waals surface area contributed by atoms with E-state index >= 15 is 0 Å². The molecule has 4 rings (SSSR count). The number of carbonyl (C=O) groups is 2. The standard InChI is InChI=1S/C20H25N5O4/c1-4-13-12(3)21-20(23-18(13)26)25-17(9-11(2)24-25)22-19(27)16-10-28-14-7-5-6-8-15(14)29-16/h5-9,12-13,16,20-21H,4,10H2,1-3H3,(H,22,27)(H,23,26). The van der Waals surface area contributed by atoms with Gasteiger partial charge in [-0.2, -0.15) is 5.10 Å². The van der Waals surface area contributed by atoms with Gasteiger partial charge in [-0.15, -0.1) is 0 Å². The summed E-state index contributed by atoms with van der Waals surface area (Å²) in [6.07, 6.45) is -0.589. The molecule has 0 aliphatic carbocycles. The largest absolute Gasteiger partial charge is 0.485 e. The molecule has 3 heterocycles. The number of hydrogen-bond donors (Lipinski definition) is 3. The minimum Gasteiger partial charge on any atom is -0.485 e. The molecular formula is C20H25N5O4. The summed E-state index contributed by atoms with van der Waals surface area (Å²) < 4.78 is 13.0. The van der Waals surface area contributed by atoms with Crippen molar-refractivity contribution < 1.29 is 19.1 Å². The molecular weight excluding hydrogens is 374 g/mol. The molecule has 9 heteroatoms. The second kappa shape index (κ2) is 7.75. The summed E-state index contributed by atoms with van der Waals surface area (Å²) in [5, 5.41) is 13.6. The number of amides is 2. The Balaban J connectivity index is 1.49. The van der Waals surface area contributed by atoms with Crippen LogP contribution in [0.2, 0.25) is 0 Å². The third-order valence-corrected chi connectivity index (χ3v) is 5.23. The smallest absolute Gasteiger partial charge is 0.270 e. The SMILES string of the molecule is CCC1C(=O)NC(n2nc(C)cc2NC(=O)C2COc3ccccc3O2)NC1C. The number of hydrogen-bond acceptors (Lipinski definition) is 6. The first-order valence-corrected chi connectivity index (χ1v) is 9.78. The van der Waals surface area contributed by atoms with E-state index in [4.69, 9.17) is 9.47 Å². The number of nitrogens with zero attached hydrogens (tertiary/aromatic N) is 2. The first-order valence-electron chi connectivity index (χ1n) is 9.78. The summed E-state index contributed by atoms with van der Waals surface area (Å²) in [6, 6.07) is 8.96. The topological polar surface area (TPSA) is 107 Å². The van der Waals surface area contributed by atoms with Gasteiger partial charge in [0.1, 0.15) is 12.4 Å². The Morgan fingerprint density at radius 2 is 2.10 bits per heavy atom. The maximum atomic E-state index is 12.8. The van der Waals surface area contributed by atoms with Crippen LogP contribution in [0.4, 0.5) is 5.82 Å². The van der Waals surface area contributed by atoms with Crippen LogP contribution in [-0.2, 0) is 9.59 Å². The number of aryl methyl sites for hydroxylation is 1. The highest BCUT2D eigenvalue weighted by Crippen LogP contribution is 2.31. The van der Waals surface area contributed by atoms with Crippen LogP contribution in [0.1, 0.15) is 32.3 Å². The highest BCUT2D eigenvalue weighted by Gasteiger charge is 2.35. The molecule has 1 fully saturated rings. The van der Waals surface area contributed by atoms with Crippen LogP contribution in [0, 0.1) is 12.8 Å². The van der Waals surface area contributed by atoms with Gasteiger partial charge in [-0.3, -0.25) is 14.9 Å². The number of benzene rings is 1. The van der Waals surface area contributed by atoms with E-state index in [2.05, 4.69) is 21.0 Å². The van der Waals surface area contributed by atoms with E-state index in [1.54, 1.807) is 22.9 Å². The Hall–Kier alpha value is -3.07. The van der Waals surface area contributed by atoms with E-state index in [0.717, 1.165) is 6.42 Å². The molecule has 154 valence electrons. The van der Waals surface area contributed by atoms with Gasteiger partial charge in [0.15, 0.2) is 17.8 Å². The number of rotatable bonds is 4. The molecule has 1 aromatic carbocycles. The van der Waals surface area contributed by atoms with Gasteiger partial charge >= 0.3 is 0 Å². The molecule has 2 aliphatic rings. The Labute approximate surface area is 168 Å². The minimum atomic E-state index is -0.786. The van der Waals surface area contributed by atoms with E-state index in [-0.39, 0.29) is 30.4 Å². The molecule has 4 unspecified atom stereocenters. The number of aromatic nitrogens is 2. The Morgan fingerprint density at radius 1 is 1.34 bits per heavy atom. The maximum Gasteiger partial charge on any atom is 0.270 e. The van der Waals surface area contributed by atoms with E-state index in [0.29, 0.717) is 23.0 Å². The Morgan fingerprint density at radius 3 is 2.83 bits per heavy atom. The molecule has 1 aromatic heterocycles. The second-order valence-corrected chi connectivity index (χ2v) is 7.35. The van der Waals surface area contributed by atoms with Gasteiger partial charge < -0.3 is 20.1 Å². The lowest BCUT2D eigenvalue weighted by Gasteiger charge is -2.35. The van der Waals surface area contributed by atoms with Crippen molar-refractivity contribution in [2.45, 2.75) is 45.6 Å². The predicted molar refractivity (Wildman–Crippen MR) is 106 cm³/mol. The maximum absolute atomic E-state index is 12.8. The molecule has 2 aromatic rings. The molecule has 4 atom stereocenters. The van der Waals surface area contributed by atoms with Crippen LogP contribution >= 0.6 is 0 Å². The van der Waals surface area contributed by atoms with Crippen molar-refractivity contribution in [1.29, 1.82) is 0 Å². The van der Waals surface area contributed by atoms with Crippen LogP contribution < -0.4 is 25.4 Å². The minimum absolute atomic E-state index is 0.0154. The first-order chi connectivity index (χ1) is 14.0. The summed E-state index contributed by atoms with van der Waals surface area (Å²) >= 11 is 0. The average Bonchev–Trinajstić information content (AvgIpc) is 3.07. The van der Waals surface area contributed by atoms with Crippen molar-refractivity contribution in [2.75, 3.05) is 11.9 Å². The number of carbonyl (C=O) groups excluding carboxylic acids is 2. The number of anilines is 1. The number of nitrogens with one attached hydrogen (secondary N) is 3. The lowest BCUT2D eigenvalue weighted by atomic mass is 9.95. The van der Waals surface area contributed by atoms with Gasteiger partial charge in [-0.05, 0) is 32.4 Å². The summed E-state index contributed by atoms with van der Waals surface area (Å²) in [4.78, 5) is 25.2. The zero-order chi connectivity index (χ0) is 20.5. The normalized spacial score (nSPS) is 26.0. The van der Waals surface area contributed by atoms with Crippen molar-refractivity contribution in [3.8, 4) is 11.5 Å². The summed E-state index contributed by atoms with van der Waals surface area (Å²) in [5.74, 6) is 1.14. The number of ether oxygens (including phenoxy) is 2. The van der Waals surface area contributed by atoms with Gasteiger partial charge in [0.25, 0.3) is 5.91 Å². The molecule has 2 amide bonds. The summed E-state index contributed by atoms with van der Waals surface area (Å²) in [7, 11) is 0. The zero-order valence-electron chi connectivity index (χ0n) is 16.6. The van der Waals surface area contributed by atoms with Crippen molar-refractivity contribution in [1.82, 2.24) is 20.4 Å². The fourth-order valence-corrected chi connectivity index (χ4v) is 3.71. The van der Waals surface area contributed by atoms with Crippen LogP contribution in [0.3, 0.4) is 0 Å². The quantitative estimate of drug-likeness (QED) is 0.720. The number of para-hydroxylation sites is 2.